The molecule has 0 radical (unpaired) electrons. The number of aromatic carboxylic acids is 1. The molecule has 4 nitrogen and oxygen atoms in total. The van der Waals surface area contributed by atoms with Crippen molar-refractivity contribution in [2.24, 2.45) is 0 Å². The minimum atomic E-state index is -1.11. The number of benzene rings is 1. The largest absolute Gasteiger partial charge is 0.476 e. The van der Waals surface area contributed by atoms with Gasteiger partial charge in [-0.05, 0) is 34.1 Å². The van der Waals surface area contributed by atoms with Crippen molar-refractivity contribution in [2.45, 2.75) is 0 Å². The molecular weight excluding hydrogens is 331 g/mol. The summed E-state index contributed by atoms with van der Waals surface area (Å²) in [5.41, 5.74) is 0.525. The summed E-state index contributed by atoms with van der Waals surface area (Å²) in [6.07, 6.45) is 1.53. The fourth-order valence-electron chi connectivity index (χ4n) is 1.30. The quantitative estimate of drug-likeness (QED) is 0.911. The molecule has 1 N–H and O–H groups in total. The van der Waals surface area contributed by atoms with E-state index < -0.39 is 5.97 Å². The molecule has 0 aliphatic heterocycles. The van der Waals surface area contributed by atoms with Crippen LogP contribution < -0.4 is 0 Å². The van der Waals surface area contributed by atoms with Gasteiger partial charge in [0.25, 0.3) is 0 Å². The Labute approximate surface area is 115 Å². The van der Waals surface area contributed by atoms with Gasteiger partial charge in [-0.1, -0.05) is 23.2 Å². The van der Waals surface area contributed by atoms with Crippen molar-refractivity contribution >= 4 is 45.1 Å². The summed E-state index contributed by atoms with van der Waals surface area (Å²) in [5, 5.41) is 13.7. The lowest BCUT2D eigenvalue weighted by atomic mass is 10.3. The number of carbonyl (C=O) groups is 1. The molecule has 1 heterocycles. The molecule has 7 heteroatoms. The molecule has 0 aliphatic carbocycles. The Balaban J connectivity index is 2.53. The molecule has 0 spiro atoms. The molecule has 0 aliphatic rings. The Morgan fingerprint density at radius 1 is 1.29 bits per heavy atom. The number of hydrogen-bond donors (Lipinski definition) is 1. The van der Waals surface area contributed by atoms with Crippen molar-refractivity contribution in [1.29, 1.82) is 0 Å². The molecule has 0 unspecified atom stereocenters. The number of carboxylic acids is 1. The summed E-state index contributed by atoms with van der Waals surface area (Å²) in [7, 11) is 0. The van der Waals surface area contributed by atoms with E-state index in [1.54, 1.807) is 18.2 Å². The number of nitrogens with zero attached hydrogens (tertiary/aromatic N) is 2. The smallest absolute Gasteiger partial charge is 0.357 e. The molecule has 0 fully saturated rings. The SMILES string of the molecule is O=C(O)c1nn(-c2cc(Cl)cc(Cl)c2)cc1Br. The number of rotatable bonds is 2. The average Bonchev–Trinajstić information content (AvgIpc) is 2.59. The molecule has 0 atom stereocenters. The number of halogens is 3. The highest BCUT2D eigenvalue weighted by atomic mass is 79.9. The van der Waals surface area contributed by atoms with E-state index in [4.69, 9.17) is 28.3 Å². The Hall–Kier alpha value is -1.04. The summed E-state index contributed by atoms with van der Waals surface area (Å²) in [5.74, 6) is -1.11. The molecule has 1 aromatic carbocycles. The average molecular weight is 336 g/mol. The minimum absolute atomic E-state index is 0.0684. The highest BCUT2D eigenvalue weighted by Gasteiger charge is 2.14. The summed E-state index contributed by atoms with van der Waals surface area (Å²) in [6, 6.07) is 4.86. The molecule has 1 aromatic heterocycles. The fraction of sp³-hybridized carbons (Fsp3) is 0. The second kappa shape index (κ2) is 4.68. The zero-order valence-corrected chi connectivity index (χ0v) is 11.3. The minimum Gasteiger partial charge on any atom is -0.476 e. The maximum atomic E-state index is 10.8. The van der Waals surface area contributed by atoms with Gasteiger partial charge in [0.05, 0.1) is 10.2 Å². The zero-order chi connectivity index (χ0) is 12.6. The van der Waals surface area contributed by atoms with E-state index in [0.29, 0.717) is 20.2 Å². The molecule has 0 saturated heterocycles. The van der Waals surface area contributed by atoms with E-state index in [2.05, 4.69) is 21.0 Å². The van der Waals surface area contributed by atoms with Crippen LogP contribution in [-0.2, 0) is 0 Å². The van der Waals surface area contributed by atoms with Crippen molar-refractivity contribution in [3.63, 3.8) is 0 Å². The third-order valence-corrected chi connectivity index (χ3v) is 3.00. The summed E-state index contributed by atoms with van der Waals surface area (Å²) < 4.78 is 1.78. The predicted octanol–water partition coefficient (Wildman–Crippen LogP) is 3.64. The fourth-order valence-corrected chi connectivity index (χ4v) is 2.26. The van der Waals surface area contributed by atoms with E-state index in [1.807, 2.05) is 0 Å². The zero-order valence-electron chi connectivity index (χ0n) is 8.19. The van der Waals surface area contributed by atoms with Crippen LogP contribution in [0, 0.1) is 0 Å². The van der Waals surface area contributed by atoms with Gasteiger partial charge in [0.2, 0.25) is 0 Å². The Morgan fingerprint density at radius 2 is 1.88 bits per heavy atom. The van der Waals surface area contributed by atoms with Crippen LogP contribution in [0.15, 0.2) is 28.9 Å². The third kappa shape index (κ3) is 2.62. The van der Waals surface area contributed by atoms with Gasteiger partial charge < -0.3 is 5.11 Å². The number of carboxylic acid groups (broad SMARTS) is 1. The lowest BCUT2D eigenvalue weighted by Crippen LogP contribution is -2.01. The molecule has 0 saturated carbocycles. The molecule has 2 rings (SSSR count). The first-order chi connectivity index (χ1) is 7.97. The summed E-state index contributed by atoms with van der Waals surface area (Å²) in [6.45, 7) is 0. The van der Waals surface area contributed by atoms with E-state index in [9.17, 15) is 4.79 Å². The lowest BCUT2D eigenvalue weighted by Gasteiger charge is -2.02. The first kappa shape index (κ1) is 12.4. The summed E-state index contributed by atoms with van der Waals surface area (Å²) in [4.78, 5) is 10.8. The molecule has 0 amide bonds. The molecule has 17 heavy (non-hydrogen) atoms. The molecular formula is C10H5BrCl2N2O2. The van der Waals surface area contributed by atoms with Gasteiger partial charge in [-0.25, -0.2) is 9.48 Å². The number of aromatic nitrogens is 2. The normalized spacial score (nSPS) is 10.5. The van der Waals surface area contributed by atoms with Crippen LogP contribution in [0.3, 0.4) is 0 Å². The summed E-state index contributed by atoms with van der Waals surface area (Å²) >= 11 is 14.8. The van der Waals surface area contributed by atoms with Gasteiger partial charge in [-0.2, -0.15) is 5.10 Å². The maximum Gasteiger partial charge on any atom is 0.357 e. The maximum absolute atomic E-state index is 10.8. The van der Waals surface area contributed by atoms with Crippen LogP contribution in [0.25, 0.3) is 5.69 Å². The van der Waals surface area contributed by atoms with Crippen molar-refractivity contribution in [2.75, 3.05) is 0 Å². The van der Waals surface area contributed by atoms with Gasteiger partial charge in [-0.15, -0.1) is 0 Å². The Bertz CT molecular complexity index is 578. The van der Waals surface area contributed by atoms with Gasteiger partial charge in [0, 0.05) is 16.2 Å². The first-order valence-electron chi connectivity index (χ1n) is 4.42. The monoisotopic (exact) mass is 334 g/mol. The highest BCUT2D eigenvalue weighted by Crippen LogP contribution is 2.23. The van der Waals surface area contributed by atoms with Gasteiger partial charge in [-0.3, -0.25) is 0 Å². The van der Waals surface area contributed by atoms with E-state index >= 15 is 0 Å². The van der Waals surface area contributed by atoms with E-state index in [1.165, 1.54) is 10.9 Å². The van der Waals surface area contributed by atoms with E-state index in [0.717, 1.165) is 0 Å². The number of hydrogen-bond acceptors (Lipinski definition) is 2. The first-order valence-corrected chi connectivity index (χ1v) is 5.97. The third-order valence-electron chi connectivity index (χ3n) is 1.98. The van der Waals surface area contributed by atoms with E-state index in [-0.39, 0.29) is 5.69 Å². The van der Waals surface area contributed by atoms with Crippen molar-refractivity contribution in [1.82, 2.24) is 9.78 Å². The van der Waals surface area contributed by atoms with Crippen LogP contribution in [0.4, 0.5) is 0 Å². The van der Waals surface area contributed by atoms with Crippen molar-refractivity contribution < 1.29 is 9.90 Å². The molecule has 2 aromatic rings. The van der Waals surface area contributed by atoms with Crippen LogP contribution in [0.5, 0.6) is 0 Å². The molecule has 88 valence electrons. The van der Waals surface area contributed by atoms with Crippen LogP contribution >= 0.6 is 39.1 Å². The van der Waals surface area contributed by atoms with Crippen LogP contribution in [0.1, 0.15) is 10.5 Å². The van der Waals surface area contributed by atoms with Gasteiger partial charge in [0.15, 0.2) is 5.69 Å². The van der Waals surface area contributed by atoms with Crippen LogP contribution in [-0.4, -0.2) is 20.9 Å². The van der Waals surface area contributed by atoms with Gasteiger partial charge in [0.1, 0.15) is 0 Å². The topological polar surface area (TPSA) is 55.1 Å². The lowest BCUT2D eigenvalue weighted by molar-refractivity contribution is 0.0689. The van der Waals surface area contributed by atoms with Crippen LogP contribution in [0.2, 0.25) is 10.0 Å². The second-order valence-corrected chi connectivity index (χ2v) is 4.93. The standard InChI is InChI=1S/C10H5BrCl2N2O2/c11-8-4-15(14-9(8)10(16)17)7-2-5(12)1-6(13)3-7/h1-4H,(H,16,17). The Kier molecular flexibility index (Phi) is 3.42. The van der Waals surface area contributed by atoms with Gasteiger partial charge >= 0.3 is 5.97 Å². The Morgan fingerprint density at radius 3 is 2.35 bits per heavy atom. The predicted molar refractivity (Wildman–Crippen MR) is 68.2 cm³/mol. The second-order valence-electron chi connectivity index (χ2n) is 3.20. The highest BCUT2D eigenvalue weighted by molar-refractivity contribution is 9.10. The molecule has 0 bridgehead atoms. The van der Waals surface area contributed by atoms with Crippen molar-refractivity contribution in [3.05, 3.63) is 44.6 Å². The van der Waals surface area contributed by atoms with Crippen molar-refractivity contribution in [3.8, 4) is 5.69 Å².